The molecule has 0 bridgehead atoms. The van der Waals surface area contributed by atoms with Crippen molar-refractivity contribution in [1.82, 2.24) is 4.98 Å². The van der Waals surface area contributed by atoms with Crippen LogP contribution in [0.2, 0.25) is 0 Å². The predicted molar refractivity (Wildman–Crippen MR) is 64.7 cm³/mol. The minimum Gasteiger partial charge on any atom is -0.398 e. The van der Waals surface area contributed by atoms with Crippen LogP contribution in [0.1, 0.15) is 5.56 Å². The maximum atomic E-state index is 11.3. The van der Waals surface area contributed by atoms with Gasteiger partial charge in [-0.15, -0.1) is 0 Å². The first-order valence-corrected chi connectivity index (χ1v) is 6.83. The van der Waals surface area contributed by atoms with Crippen molar-refractivity contribution in [2.45, 2.75) is 5.75 Å². The molecule has 4 nitrogen and oxygen atoms in total. The van der Waals surface area contributed by atoms with Gasteiger partial charge >= 0.3 is 0 Å². The van der Waals surface area contributed by atoms with Crippen molar-refractivity contribution in [2.75, 3.05) is 12.0 Å². The lowest BCUT2D eigenvalue weighted by Crippen LogP contribution is -2.04. The fraction of sp³-hybridized carbons (Fsp3) is 0.182. The lowest BCUT2D eigenvalue weighted by Gasteiger charge is -2.08. The Morgan fingerprint density at radius 3 is 2.75 bits per heavy atom. The third kappa shape index (κ3) is 2.14. The first-order chi connectivity index (χ1) is 7.47. The number of nitrogens with zero attached hydrogens (tertiary/aromatic N) is 1. The first kappa shape index (κ1) is 10.9. The Bertz CT molecular complexity index is 635. The molecule has 0 aliphatic heterocycles. The van der Waals surface area contributed by atoms with Crippen LogP contribution in [0.15, 0.2) is 30.5 Å². The summed E-state index contributed by atoms with van der Waals surface area (Å²) in [5.74, 6) is -0.0537. The SMILES string of the molecule is CS(=O)(=O)Cc1c(N)ccc2ncccc12. The normalized spacial score (nSPS) is 11.8. The Kier molecular flexibility index (Phi) is 2.55. The van der Waals surface area contributed by atoms with E-state index >= 15 is 0 Å². The van der Waals surface area contributed by atoms with Crippen molar-refractivity contribution < 1.29 is 8.42 Å². The quantitative estimate of drug-likeness (QED) is 0.799. The molecule has 2 aromatic rings. The van der Waals surface area contributed by atoms with E-state index in [-0.39, 0.29) is 5.75 Å². The van der Waals surface area contributed by atoms with E-state index < -0.39 is 9.84 Å². The van der Waals surface area contributed by atoms with E-state index in [0.29, 0.717) is 11.3 Å². The second-order valence-corrected chi connectivity index (χ2v) is 5.91. The molecule has 2 N–H and O–H groups in total. The number of hydrogen-bond acceptors (Lipinski definition) is 4. The molecule has 1 aromatic heterocycles. The van der Waals surface area contributed by atoms with Crippen LogP contribution in [-0.2, 0) is 15.6 Å². The summed E-state index contributed by atoms with van der Waals surface area (Å²) in [4.78, 5) is 4.16. The zero-order valence-corrected chi connectivity index (χ0v) is 9.66. The average Bonchev–Trinajstić information content (AvgIpc) is 2.21. The van der Waals surface area contributed by atoms with Crippen LogP contribution in [0.25, 0.3) is 10.9 Å². The number of hydrogen-bond donors (Lipinski definition) is 1. The number of fused-ring (bicyclic) bond motifs is 1. The van der Waals surface area contributed by atoms with Gasteiger partial charge in [0.2, 0.25) is 0 Å². The number of pyridine rings is 1. The summed E-state index contributed by atoms with van der Waals surface area (Å²) in [5.41, 5.74) is 7.69. The average molecular weight is 236 g/mol. The molecule has 0 spiro atoms. The van der Waals surface area contributed by atoms with Gasteiger partial charge in [0.25, 0.3) is 0 Å². The number of benzene rings is 1. The lowest BCUT2D eigenvalue weighted by atomic mass is 10.1. The number of anilines is 1. The molecule has 0 radical (unpaired) electrons. The zero-order chi connectivity index (χ0) is 11.8. The first-order valence-electron chi connectivity index (χ1n) is 4.77. The van der Waals surface area contributed by atoms with Crippen molar-refractivity contribution in [2.24, 2.45) is 0 Å². The van der Waals surface area contributed by atoms with Crippen LogP contribution in [0.4, 0.5) is 5.69 Å². The van der Waals surface area contributed by atoms with Gasteiger partial charge in [0.05, 0.1) is 11.3 Å². The van der Waals surface area contributed by atoms with E-state index in [1.54, 1.807) is 24.4 Å². The molecule has 16 heavy (non-hydrogen) atoms. The van der Waals surface area contributed by atoms with Crippen LogP contribution in [-0.4, -0.2) is 19.7 Å². The molecular formula is C11H12N2O2S. The molecule has 1 aromatic carbocycles. The Morgan fingerprint density at radius 1 is 1.31 bits per heavy atom. The van der Waals surface area contributed by atoms with E-state index in [4.69, 9.17) is 5.73 Å². The summed E-state index contributed by atoms with van der Waals surface area (Å²) >= 11 is 0. The maximum absolute atomic E-state index is 11.3. The summed E-state index contributed by atoms with van der Waals surface area (Å²) in [6, 6.07) is 7.08. The van der Waals surface area contributed by atoms with Crippen molar-refractivity contribution >= 4 is 26.4 Å². The minimum absolute atomic E-state index is 0.0537. The van der Waals surface area contributed by atoms with E-state index in [9.17, 15) is 8.42 Å². The van der Waals surface area contributed by atoms with Gasteiger partial charge in [-0.05, 0) is 23.8 Å². The maximum Gasteiger partial charge on any atom is 0.151 e. The summed E-state index contributed by atoms with van der Waals surface area (Å²) in [7, 11) is -3.10. The highest BCUT2D eigenvalue weighted by Gasteiger charge is 2.11. The molecule has 2 rings (SSSR count). The van der Waals surface area contributed by atoms with Gasteiger partial charge in [-0.2, -0.15) is 0 Å². The molecule has 0 saturated carbocycles. The van der Waals surface area contributed by atoms with Crippen molar-refractivity contribution in [3.8, 4) is 0 Å². The summed E-state index contributed by atoms with van der Waals surface area (Å²) < 4.78 is 22.6. The Labute approximate surface area is 94.0 Å². The third-order valence-electron chi connectivity index (χ3n) is 2.34. The number of nitrogens with two attached hydrogens (primary N) is 1. The van der Waals surface area contributed by atoms with Gasteiger partial charge in [-0.1, -0.05) is 6.07 Å². The van der Waals surface area contributed by atoms with Crippen LogP contribution in [0.5, 0.6) is 0 Å². The van der Waals surface area contributed by atoms with Gasteiger partial charge in [0.1, 0.15) is 0 Å². The lowest BCUT2D eigenvalue weighted by molar-refractivity contribution is 0.601. The molecule has 84 valence electrons. The molecule has 0 unspecified atom stereocenters. The second kappa shape index (κ2) is 3.75. The Hall–Kier alpha value is -1.62. The standard InChI is InChI=1S/C11H12N2O2S/c1-16(14,15)7-9-8-3-2-6-13-11(8)5-4-10(9)12/h2-6H,7,12H2,1H3. The largest absolute Gasteiger partial charge is 0.398 e. The number of nitrogen functional groups attached to an aromatic ring is 1. The minimum atomic E-state index is -3.10. The highest BCUT2D eigenvalue weighted by molar-refractivity contribution is 7.89. The second-order valence-electron chi connectivity index (χ2n) is 3.77. The molecule has 0 atom stereocenters. The molecule has 0 saturated heterocycles. The molecule has 0 amide bonds. The molecule has 5 heteroatoms. The van der Waals surface area contributed by atoms with E-state index in [0.717, 1.165) is 10.9 Å². The monoisotopic (exact) mass is 236 g/mol. The van der Waals surface area contributed by atoms with Gasteiger partial charge in [0.15, 0.2) is 9.84 Å². The van der Waals surface area contributed by atoms with Gasteiger partial charge in [-0.25, -0.2) is 8.42 Å². The topological polar surface area (TPSA) is 73.0 Å². The highest BCUT2D eigenvalue weighted by Crippen LogP contribution is 2.24. The molecular weight excluding hydrogens is 224 g/mol. The molecule has 0 aliphatic rings. The number of rotatable bonds is 2. The summed E-state index contributed by atoms with van der Waals surface area (Å²) in [6.45, 7) is 0. The van der Waals surface area contributed by atoms with E-state index in [1.807, 2.05) is 6.07 Å². The van der Waals surface area contributed by atoms with Crippen molar-refractivity contribution in [1.29, 1.82) is 0 Å². The van der Waals surface area contributed by atoms with Gasteiger partial charge in [0, 0.05) is 23.5 Å². The van der Waals surface area contributed by atoms with Crippen molar-refractivity contribution in [3.63, 3.8) is 0 Å². The molecule has 0 aliphatic carbocycles. The zero-order valence-electron chi connectivity index (χ0n) is 8.84. The van der Waals surface area contributed by atoms with E-state index in [2.05, 4.69) is 4.98 Å². The third-order valence-corrected chi connectivity index (χ3v) is 3.15. The van der Waals surface area contributed by atoms with Crippen LogP contribution >= 0.6 is 0 Å². The van der Waals surface area contributed by atoms with Crippen molar-refractivity contribution in [3.05, 3.63) is 36.0 Å². The number of aromatic nitrogens is 1. The smallest absolute Gasteiger partial charge is 0.151 e. The predicted octanol–water partition coefficient (Wildman–Crippen LogP) is 1.36. The van der Waals surface area contributed by atoms with E-state index in [1.165, 1.54) is 6.26 Å². The van der Waals surface area contributed by atoms with Gasteiger partial charge < -0.3 is 5.73 Å². The van der Waals surface area contributed by atoms with Gasteiger partial charge in [-0.3, -0.25) is 4.98 Å². The summed E-state index contributed by atoms with van der Waals surface area (Å²) in [6.07, 6.45) is 2.87. The summed E-state index contributed by atoms with van der Waals surface area (Å²) in [5, 5.41) is 0.799. The fourth-order valence-corrected chi connectivity index (χ4v) is 2.50. The number of sulfone groups is 1. The van der Waals surface area contributed by atoms with Crippen LogP contribution in [0, 0.1) is 0 Å². The van der Waals surface area contributed by atoms with Crippen LogP contribution < -0.4 is 5.73 Å². The molecule has 0 fully saturated rings. The Balaban J connectivity index is 2.71. The van der Waals surface area contributed by atoms with Crippen LogP contribution in [0.3, 0.4) is 0 Å². The molecule has 1 heterocycles. The Morgan fingerprint density at radius 2 is 2.06 bits per heavy atom. The fourth-order valence-electron chi connectivity index (χ4n) is 1.65. The highest BCUT2D eigenvalue weighted by atomic mass is 32.2.